The summed E-state index contributed by atoms with van der Waals surface area (Å²) in [6.45, 7) is 2.61. The van der Waals surface area contributed by atoms with Crippen LogP contribution >= 0.6 is 12.4 Å². The minimum Gasteiger partial charge on any atom is -0.454 e. The van der Waals surface area contributed by atoms with Crippen LogP contribution in [0.25, 0.3) is 0 Å². The molecule has 1 unspecified atom stereocenters. The van der Waals surface area contributed by atoms with Gasteiger partial charge in [-0.1, -0.05) is 0 Å². The van der Waals surface area contributed by atoms with Gasteiger partial charge in [0.2, 0.25) is 16.8 Å². The second-order valence-corrected chi connectivity index (χ2v) is 6.83. The van der Waals surface area contributed by atoms with E-state index in [0.717, 1.165) is 25.9 Å². The highest BCUT2D eigenvalue weighted by molar-refractivity contribution is 7.89. The molecule has 0 bridgehead atoms. The van der Waals surface area contributed by atoms with Crippen LogP contribution in [-0.2, 0) is 10.0 Å². The van der Waals surface area contributed by atoms with Gasteiger partial charge in [-0.2, -0.15) is 0 Å². The zero-order chi connectivity index (χ0) is 14.0. The van der Waals surface area contributed by atoms with Gasteiger partial charge in [0.1, 0.15) is 0 Å². The van der Waals surface area contributed by atoms with Gasteiger partial charge in [-0.25, -0.2) is 13.1 Å². The van der Waals surface area contributed by atoms with Crippen LogP contribution in [0, 0.1) is 5.92 Å². The van der Waals surface area contributed by atoms with E-state index in [-0.39, 0.29) is 24.1 Å². The molecule has 2 aliphatic rings. The Morgan fingerprint density at radius 2 is 2.10 bits per heavy atom. The van der Waals surface area contributed by atoms with Gasteiger partial charge < -0.3 is 14.8 Å². The van der Waals surface area contributed by atoms with Crippen molar-refractivity contribution in [1.29, 1.82) is 0 Å². The first kappa shape index (κ1) is 16.4. The average Bonchev–Trinajstić information content (AvgIpc) is 3.08. The molecule has 0 amide bonds. The average molecular weight is 335 g/mol. The van der Waals surface area contributed by atoms with E-state index in [1.54, 1.807) is 6.07 Å². The minimum absolute atomic E-state index is 0. The van der Waals surface area contributed by atoms with Crippen molar-refractivity contribution < 1.29 is 17.9 Å². The van der Waals surface area contributed by atoms with Crippen LogP contribution in [0.5, 0.6) is 11.5 Å². The van der Waals surface area contributed by atoms with Crippen LogP contribution in [0.3, 0.4) is 0 Å². The fourth-order valence-electron chi connectivity index (χ4n) is 2.49. The molecule has 0 radical (unpaired) electrons. The smallest absolute Gasteiger partial charge is 0.240 e. The van der Waals surface area contributed by atoms with Crippen molar-refractivity contribution in [3.05, 3.63) is 18.2 Å². The number of fused-ring (bicyclic) bond motifs is 1. The van der Waals surface area contributed by atoms with Crippen LogP contribution in [0.4, 0.5) is 0 Å². The number of hydrogen-bond acceptors (Lipinski definition) is 5. The van der Waals surface area contributed by atoms with E-state index < -0.39 is 10.0 Å². The van der Waals surface area contributed by atoms with E-state index in [0.29, 0.717) is 24.0 Å². The molecule has 2 heterocycles. The Labute approximate surface area is 130 Å². The fourth-order valence-corrected chi connectivity index (χ4v) is 3.55. The SMILES string of the molecule is Cl.O=S(=O)(NCCC1CCNC1)c1ccc2c(c1)OCO2. The molecular formula is C13H19ClN2O4S. The van der Waals surface area contributed by atoms with E-state index >= 15 is 0 Å². The van der Waals surface area contributed by atoms with Crippen LogP contribution in [0.15, 0.2) is 23.1 Å². The summed E-state index contributed by atoms with van der Waals surface area (Å²) in [5.41, 5.74) is 0. The lowest BCUT2D eigenvalue weighted by Gasteiger charge is -2.10. The predicted octanol–water partition coefficient (Wildman–Crippen LogP) is 1.11. The highest BCUT2D eigenvalue weighted by atomic mass is 35.5. The quantitative estimate of drug-likeness (QED) is 0.843. The summed E-state index contributed by atoms with van der Waals surface area (Å²) in [6, 6.07) is 4.66. The Kier molecular flexibility index (Phi) is 5.32. The van der Waals surface area contributed by atoms with E-state index in [4.69, 9.17) is 9.47 Å². The molecule has 3 rings (SSSR count). The molecule has 2 N–H and O–H groups in total. The van der Waals surface area contributed by atoms with Gasteiger partial charge in [-0.05, 0) is 44.0 Å². The summed E-state index contributed by atoms with van der Waals surface area (Å²) in [4.78, 5) is 0.214. The van der Waals surface area contributed by atoms with E-state index in [2.05, 4.69) is 10.0 Å². The lowest BCUT2D eigenvalue weighted by Crippen LogP contribution is -2.26. The Bertz CT molecular complexity index is 588. The second-order valence-electron chi connectivity index (χ2n) is 5.06. The standard InChI is InChI=1S/C13H18N2O4S.ClH/c16-20(17,15-6-4-10-3-5-14-8-10)11-1-2-12-13(7-11)19-9-18-12;/h1-2,7,10,14-15H,3-6,8-9H2;1H. The number of halogens is 1. The summed E-state index contributed by atoms with van der Waals surface area (Å²) in [7, 11) is -3.48. The van der Waals surface area contributed by atoms with Crippen molar-refractivity contribution in [3.63, 3.8) is 0 Å². The number of sulfonamides is 1. The third-order valence-electron chi connectivity index (χ3n) is 3.66. The molecule has 21 heavy (non-hydrogen) atoms. The molecule has 118 valence electrons. The van der Waals surface area contributed by atoms with E-state index in [9.17, 15) is 8.42 Å². The van der Waals surface area contributed by atoms with Crippen molar-refractivity contribution in [2.45, 2.75) is 17.7 Å². The van der Waals surface area contributed by atoms with Gasteiger partial charge in [-0.3, -0.25) is 0 Å². The second kappa shape index (κ2) is 6.83. The Morgan fingerprint density at radius 3 is 2.86 bits per heavy atom. The third-order valence-corrected chi connectivity index (χ3v) is 5.12. The summed E-state index contributed by atoms with van der Waals surface area (Å²) in [5, 5.41) is 3.27. The Balaban J connectivity index is 0.00000161. The van der Waals surface area contributed by atoms with Crippen molar-refractivity contribution in [3.8, 4) is 11.5 Å². The molecule has 1 aromatic carbocycles. The van der Waals surface area contributed by atoms with Gasteiger partial charge in [-0.15, -0.1) is 12.4 Å². The molecule has 2 aliphatic heterocycles. The van der Waals surface area contributed by atoms with Gasteiger partial charge in [0.05, 0.1) is 4.90 Å². The molecule has 0 aliphatic carbocycles. The number of rotatable bonds is 5. The maximum absolute atomic E-state index is 12.2. The van der Waals surface area contributed by atoms with Crippen LogP contribution in [0.1, 0.15) is 12.8 Å². The lowest BCUT2D eigenvalue weighted by atomic mass is 10.1. The summed E-state index contributed by atoms with van der Waals surface area (Å²) >= 11 is 0. The molecule has 1 fully saturated rings. The topological polar surface area (TPSA) is 76.7 Å². The highest BCUT2D eigenvalue weighted by Gasteiger charge is 2.21. The first-order valence-corrected chi connectivity index (χ1v) is 8.23. The third kappa shape index (κ3) is 3.79. The van der Waals surface area contributed by atoms with Crippen LogP contribution in [-0.4, -0.2) is 34.8 Å². The molecule has 1 aromatic rings. The Hall–Kier alpha value is -1.02. The normalized spacial score (nSPS) is 20.3. The lowest BCUT2D eigenvalue weighted by molar-refractivity contribution is 0.174. The van der Waals surface area contributed by atoms with Crippen molar-refractivity contribution in [2.75, 3.05) is 26.4 Å². The van der Waals surface area contributed by atoms with Gasteiger partial charge in [0.25, 0.3) is 0 Å². The molecule has 6 nitrogen and oxygen atoms in total. The van der Waals surface area contributed by atoms with E-state index in [1.807, 2.05) is 0 Å². The van der Waals surface area contributed by atoms with Gasteiger partial charge in [0.15, 0.2) is 11.5 Å². The molecule has 1 atom stereocenters. The first-order chi connectivity index (χ1) is 9.65. The molecule has 0 aromatic heterocycles. The van der Waals surface area contributed by atoms with Crippen molar-refractivity contribution in [2.24, 2.45) is 5.92 Å². The predicted molar refractivity (Wildman–Crippen MR) is 80.6 cm³/mol. The monoisotopic (exact) mass is 334 g/mol. The van der Waals surface area contributed by atoms with Crippen LogP contribution in [0.2, 0.25) is 0 Å². The van der Waals surface area contributed by atoms with E-state index in [1.165, 1.54) is 12.1 Å². The molecule has 8 heteroatoms. The number of nitrogens with one attached hydrogen (secondary N) is 2. The van der Waals surface area contributed by atoms with Gasteiger partial charge >= 0.3 is 0 Å². The number of ether oxygens (including phenoxy) is 2. The molecular weight excluding hydrogens is 316 g/mol. The summed E-state index contributed by atoms with van der Waals surface area (Å²) in [5.74, 6) is 1.63. The largest absolute Gasteiger partial charge is 0.454 e. The molecule has 0 saturated carbocycles. The maximum Gasteiger partial charge on any atom is 0.240 e. The Morgan fingerprint density at radius 1 is 1.29 bits per heavy atom. The minimum atomic E-state index is -3.48. The fraction of sp³-hybridized carbons (Fsp3) is 0.538. The first-order valence-electron chi connectivity index (χ1n) is 6.75. The van der Waals surface area contributed by atoms with Crippen molar-refractivity contribution in [1.82, 2.24) is 10.0 Å². The van der Waals surface area contributed by atoms with Crippen molar-refractivity contribution >= 4 is 22.4 Å². The molecule has 1 saturated heterocycles. The zero-order valence-corrected chi connectivity index (χ0v) is 13.1. The number of hydrogen-bond donors (Lipinski definition) is 2. The maximum atomic E-state index is 12.2. The zero-order valence-electron chi connectivity index (χ0n) is 11.5. The summed E-state index contributed by atoms with van der Waals surface area (Å²) < 4.78 is 37.4. The van der Waals surface area contributed by atoms with Crippen LogP contribution < -0.4 is 19.5 Å². The molecule has 0 spiro atoms. The highest BCUT2D eigenvalue weighted by Crippen LogP contribution is 2.33. The number of benzene rings is 1. The summed E-state index contributed by atoms with van der Waals surface area (Å²) in [6.07, 6.45) is 1.97. The van der Waals surface area contributed by atoms with Gasteiger partial charge in [0, 0.05) is 12.6 Å².